The summed E-state index contributed by atoms with van der Waals surface area (Å²) in [5.74, 6) is -1.57. The lowest BCUT2D eigenvalue weighted by molar-refractivity contribution is 0.0932. The zero-order valence-corrected chi connectivity index (χ0v) is 19.5. The second kappa shape index (κ2) is 11.1. The molecule has 0 aliphatic rings. The lowest BCUT2D eigenvalue weighted by Crippen LogP contribution is -2.31. The summed E-state index contributed by atoms with van der Waals surface area (Å²) in [6.07, 6.45) is 1.07. The Morgan fingerprint density at radius 3 is 2.43 bits per heavy atom. The smallest absolute Gasteiger partial charge is 0.251 e. The minimum atomic E-state index is -0.988. The maximum Gasteiger partial charge on any atom is 0.251 e. The summed E-state index contributed by atoms with van der Waals surface area (Å²) in [4.78, 5) is 20.4. The molecule has 35 heavy (non-hydrogen) atoms. The molecule has 0 spiro atoms. The van der Waals surface area contributed by atoms with E-state index in [-0.39, 0.29) is 23.1 Å². The Labute approximate surface area is 206 Å². The van der Waals surface area contributed by atoms with E-state index in [4.69, 9.17) is 17.0 Å². The summed E-state index contributed by atoms with van der Waals surface area (Å²) in [6.45, 7) is 0.479. The first kappa shape index (κ1) is 24.3. The first-order valence-corrected chi connectivity index (χ1v) is 11.7. The fraction of sp³-hybridized carbons (Fsp3) is 0.192. The van der Waals surface area contributed by atoms with Crippen molar-refractivity contribution in [3.63, 3.8) is 0 Å². The van der Waals surface area contributed by atoms with Crippen molar-refractivity contribution in [3.05, 3.63) is 89.8 Å². The normalized spacial score (nSPS) is 11.9. The van der Waals surface area contributed by atoms with Gasteiger partial charge >= 0.3 is 0 Å². The molecular formula is C26H24ClF2N5O. The molecule has 1 aromatic heterocycles. The van der Waals surface area contributed by atoms with Crippen LogP contribution < -0.4 is 10.6 Å². The van der Waals surface area contributed by atoms with E-state index >= 15 is 0 Å². The van der Waals surface area contributed by atoms with Gasteiger partial charge in [-0.3, -0.25) is 10.2 Å². The van der Waals surface area contributed by atoms with Crippen molar-refractivity contribution in [1.29, 1.82) is 5.41 Å². The Kier molecular flexibility index (Phi) is 7.72. The number of H-pyrrole nitrogens is 1. The summed E-state index contributed by atoms with van der Waals surface area (Å²) >= 11 is 5.63. The van der Waals surface area contributed by atoms with E-state index in [1.165, 1.54) is 0 Å². The summed E-state index contributed by atoms with van der Waals surface area (Å²) in [5, 5.41) is 13.5. The zero-order chi connectivity index (χ0) is 24.8. The maximum atomic E-state index is 13.7. The van der Waals surface area contributed by atoms with Gasteiger partial charge in [0.15, 0.2) is 11.6 Å². The topological polar surface area (TPSA) is 93.7 Å². The zero-order valence-electron chi connectivity index (χ0n) is 18.7. The quantitative estimate of drug-likeness (QED) is 0.106. The van der Waals surface area contributed by atoms with E-state index in [9.17, 15) is 13.6 Å². The molecular weight excluding hydrogens is 472 g/mol. The molecule has 0 fully saturated rings. The van der Waals surface area contributed by atoms with Crippen LogP contribution in [0.1, 0.15) is 35.1 Å². The van der Waals surface area contributed by atoms with Crippen LogP contribution in [-0.4, -0.2) is 34.1 Å². The number of carbonyl (C=O) groups excluding carboxylic acids is 1. The highest BCUT2D eigenvalue weighted by molar-refractivity contribution is 6.27. The van der Waals surface area contributed by atoms with Crippen LogP contribution in [0.25, 0.3) is 22.2 Å². The van der Waals surface area contributed by atoms with E-state index in [0.29, 0.717) is 36.3 Å². The van der Waals surface area contributed by atoms with Gasteiger partial charge in [0, 0.05) is 24.2 Å². The van der Waals surface area contributed by atoms with Crippen molar-refractivity contribution in [2.45, 2.75) is 18.9 Å². The first-order chi connectivity index (χ1) is 16.9. The molecule has 1 atom stereocenters. The molecule has 0 aliphatic heterocycles. The minimum absolute atomic E-state index is 0.0832. The average molecular weight is 496 g/mol. The molecule has 0 saturated heterocycles. The molecule has 3 aromatic carbocycles. The van der Waals surface area contributed by atoms with Crippen LogP contribution in [-0.2, 0) is 0 Å². The monoisotopic (exact) mass is 495 g/mol. The Hall–Kier alpha value is -3.78. The SMILES string of the molecule is N=C(CCl)NCCCC(NC(=O)c1ccc(-c2ccccc2)cc1)c1nc2cc(F)c(F)cc2[nH]1. The number of aromatic nitrogens is 2. The molecule has 4 rings (SSSR count). The van der Waals surface area contributed by atoms with Gasteiger partial charge in [0.1, 0.15) is 11.7 Å². The molecule has 9 heteroatoms. The van der Waals surface area contributed by atoms with Gasteiger partial charge < -0.3 is 15.6 Å². The Morgan fingerprint density at radius 1 is 1.03 bits per heavy atom. The molecule has 0 bridgehead atoms. The molecule has 4 aromatic rings. The Balaban J connectivity index is 1.52. The molecule has 1 heterocycles. The number of amidine groups is 1. The number of halogens is 3. The maximum absolute atomic E-state index is 13.7. The van der Waals surface area contributed by atoms with Crippen LogP contribution in [0.2, 0.25) is 0 Å². The number of rotatable bonds is 9. The predicted octanol–water partition coefficient (Wildman–Crippen LogP) is 5.57. The Bertz CT molecular complexity index is 1290. The van der Waals surface area contributed by atoms with Gasteiger partial charge in [-0.1, -0.05) is 42.5 Å². The third-order valence-electron chi connectivity index (χ3n) is 5.57. The third-order valence-corrected chi connectivity index (χ3v) is 5.84. The summed E-state index contributed by atoms with van der Waals surface area (Å²) in [6, 6.07) is 18.6. The van der Waals surface area contributed by atoms with Crippen molar-refractivity contribution in [2.75, 3.05) is 12.4 Å². The number of benzene rings is 3. The van der Waals surface area contributed by atoms with Gasteiger partial charge in [-0.25, -0.2) is 13.8 Å². The fourth-order valence-electron chi connectivity index (χ4n) is 3.75. The summed E-state index contributed by atoms with van der Waals surface area (Å²) in [5.41, 5.74) is 3.13. The average Bonchev–Trinajstić information content (AvgIpc) is 3.28. The predicted molar refractivity (Wildman–Crippen MR) is 134 cm³/mol. The lowest BCUT2D eigenvalue weighted by Gasteiger charge is -2.17. The van der Waals surface area contributed by atoms with Gasteiger partial charge in [0.2, 0.25) is 0 Å². The van der Waals surface area contributed by atoms with Gasteiger partial charge in [-0.15, -0.1) is 11.6 Å². The van der Waals surface area contributed by atoms with Gasteiger partial charge in [-0.2, -0.15) is 0 Å². The first-order valence-electron chi connectivity index (χ1n) is 11.1. The van der Waals surface area contributed by atoms with E-state index < -0.39 is 17.7 Å². The number of nitrogens with zero attached hydrogens (tertiary/aromatic N) is 1. The van der Waals surface area contributed by atoms with Crippen LogP contribution in [0.4, 0.5) is 8.78 Å². The van der Waals surface area contributed by atoms with Crippen molar-refractivity contribution < 1.29 is 13.6 Å². The van der Waals surface area contributed by atoms with Crippen molar-refractivity contribution in [3.8, 4) is 11.1 Å². The second-order valence-electron chi connectivity index (χ2n) is 8.06. The van der Waals surface area contributed by atoms with E-state index in [1.54, 1.807) is 12.1 Å². The number of hydrogen-bond donors (Lipinski definition) is 4. The highest BCUT2D eigenvalue weighted by Gasteiger charge is 2.20. The highest BCUT2D eigenvalue weighted by atomic mass is 35.5. The summed E-state index contributed by atoms with van der Waals surface area (Å²) in [7, 11) is 0. The molecule has 6 nitrogen and oxygen atoms in total. The molecule has 0 radical (unpaired) electrons. The number of aromatic amines is 1. The Morgan fingerprint density at radius 2 is 1.71 bits per heavy atom. The van der Waals surface area contributed by atoms with E-state index in [0.717, 1.165) is 23.3 Å². The third kappa shape index (κ3) is 6.02. The van der Waals surface area contributed by atoms with Crippen molar-refractivity contribution >= 4 is 34.4 Å². The standard InChI is InChI=1S/C26H24ClF2N5O/c27-15-24(30)31-12-4-7-21(25-32-22-13-19(28)20(29)14-23(22)33-25)34-26(35)18-10-8-17(9-11-18)16-5-2-1-3-6-16/h1-3,5-6,8-11,13-14,21H,4,7,12,15H2,(H2,30,31)(H,32,33)(H,34,35). The summed E-state index contributed by atoms with van der Waals surface area (Å²) < 4.78 is 27.3. The molecule has 1 unspecified atom stereocenters. The fourth-order valence-corrected chi connectivity index (χ4v) is 3.84. The number of amides is 1. The number of hydrogen-bond acceptors (Lipinski definition) is 3. The van der Waals surface area contributed by atoms with Gasteiger partial charge in [0.25, 0.3) is 5.91 Å². The largest absolute Gasteiger partial charge is 0.373 e. The van der Waals surface area contributed by atoms with Crippen LogP contribution in [0.5, 0.6) is 0 Å². The lowest BCUT2D eigenvalue weighted by atomic mass is 10.0. The van der Waals surface area contributed by atoms with Crippen LogP contribution >= 0.6 is 11.6 Å². The number of alkyl halides is 1. The molecule has 1 amide bonds. The van der Waals surface area contributed by atoms with Crippen molar-refractivity contribution in [1.82, 2.24) is 20.6 Å². The second-order valence-corrected chi connectivity index (χ2v) is 8.32. The van der Waals surface area contributed by atoms with Crippen molar-refractivity contribution in [2.24, 2.45) is 0 Å². The van der Waals surface area contributed by atoms with Crippen LogP contribution in [0, 0.1) is 17.0 Å². The molecule has 4 N–H and O–H groups in total. The van der Waals surface area contributed by atoms with Crippen LogP contribution in [0.15, 0.2) is 66.7 Å². The number of fused-ring (bicyclic) bond motifs is 1. The molecule has 180 valence electrons. The van der Waals surface area contributed by atoms with Gasteiger partial charge in [0.05, 0.1) is 23.0 Å². The number of carbonyl (C=O) groups is 1. The highest BCUT2D eigenvalue weighted by Crippen LogP contribution is 2.23. The van der Waals surface area contributed by atoms with E-state index in [1.807, 2.05) is 42.5 Å². The van der Waals surface area contributed by atoms with Gasteiger partial charge in [-0.05, 0) is 36.1 Å². The number of nitrogens with one attached hydrogen (secondary N) is 4. The molecule has 0 aliphatic carbocycles. The number of imidazole rings is 1. The molecule has 0 saturated carbocycles. The minimum Gasteiger partial charge on any atom is -0.373 e. The van der Waals surface area contributed by atoms with Crippen LogP contribution in [0.3, 0.4) is 0 Å². The van der Waals surface area contributed by atoms with E-state index in [2.05, 4.69) is 20.6 Å².